The molecular formula is C19H24O3. The molecule has 2 rings (SSSR count). The summed E-state index contributed by atoms with van der Waals surface area (Å²) in [6, 6.07) is 9.76. The van der Waals surface area contributed by atoms with E-state index in [4.69, 9.17) is 4.42 Å². The van der Waals surface area contributed by atoms with Crippen LogP contribution in [0.1, 0.15) is 52.2 Å². The Balaban J connectivity index is 2.51. The van der Waals surface area contributed by atoms with Gasteiger partial charge in [0.25, 0.3) is 0 Å². The molecule has 1 aromatic heterocycles. The maximum Gasteiger partial charge on any atom is 0.141 e. The third kappa shape index (κ3) is 3.29. The lowest BCUT2D eigenvalue weighted by Gasteiger charge is -2.27. The van der Waals surface area contributed by atoms with Gasteiger partial charge in [-0.25, -0.2) is 0 Å². The molecule has 3 heteroatoms. The number of rotatable bonds is 7. The van der Waals surface area contributed by atoms with Gasteiger partial charge in [0.15, 0.2) is 0 Å². The second-order valence-electron chi connectivity index (χ2n) is 6.18. The Morgan fingerprint density at radius 3 is 2.32 bits per heavy atom. The fourth-order valence-electron chi connectivity index (χ4n) is 3.37. The average molecular weight is 300 g/mol. The molecule has 1 aromatic carbocycles. The monoisotopic (exact) mass is 300 g/mol. The molecular weight excluding hydrogens is 276 g/mol. The van der Waals surface area contributed by atoms with Gasteiger partial charge in [0.05, 0.1) is 5.92 Å². The predicted octanol–water partition coefficient (Wildman–Crippen LogP) is 4.75. The average Bonchev–Trinajstić information content (AvgIpc) is 2.86. The van der Waals surface area contributed by atoms with E-state index in [1.54, 1.807) is 0 Å². The molecule has 0 fully saturated rings. The van der Waals surface area contributed by atoms with E-state index in [-0.39, 0.29) is 23.4 Å². The quantitative estimate of drug-likeness (QED) is 0.693. The van der Waals surface area contributed by atoms with E-state index in [1.807, 2.05) is 30.3 Å². The van der Waals surface area contributed by atoms with Crippen molar-refractivity contribution in [3.8, 4) is 0 Å². The summed E-state index contributed by atoms with van der Waals surface area (Å²) in [5, 5.41) is 1.01. The lowest BCUT2D eigenvalue weighted by Crippen LogP contribution is -2.30. The van der Waals surface area contributed by atoms with Crippen LogP contribution in [0.4, 0.5) is 0 Å². The van der Waals surface area contributed by atoms with Crippen LogP contribution in [0.3, 0.4) is 0 Å². The highest BCUT2D eigenvalue weighted by molar-refractivity contribution is 6.01. The number of benzene rings is 1. The Labute approximate surface area is 131 Å². The minimum absolute atomic E-state index is 0.0825. The van der Waals surface area contributed by atoms with Crippen LogP contribution in [-0.2, 0) is 9.59 Å². The van der Waals surface area contributed by atoms with Gasteiger partial charge in [0, 0.05) is 11.3 Å². The first-order valence-electron chi connectivity index (χ1n) is 7.95. The maximum absolute atomic E-state index is 12.1. The second-order valence-corrected chi connectivity index (χ2v) is 6.18. The van der Waals surface area contributed by atoms with Crippen LogP contribution in [0.15, 0.2) is 34.7 Å². The predicted molar refractivity (Wildman–Crippen MR) is 87.9 cm³/mol. The van der Waals surface area contributed by atoms with E-state index in [0.29, 0.717) is 0 Å². The molecule has 0 aliphatic rings. The Morgan fingerprint density at radius 2 is 1.77 bits per heavy atom. The van der Waals surface area contributed by atoms with Crippen molar-refractivity contribution in [3.05, 3.63) is 36.1 Å². The van der Waals surface area contributed by atoms with Crippen LogP contribution in [0.25, 0.3) is 11.0 Å². The zero-order chi connectivity index (χ0) is 16.3. The first-order valence-corrected chi connectivity index (χ1v) is 7.95. The smallest absolute Gasteiger partial charge is 0.141 e. The normalized spacial score (nSPS) is 14.2. The van der Waals surface area contributed by atoms with Gasteiger partial charge in [-0.05, 0) is 31.9 Å². The molecule has 2 aromatic rings. The van der Waals surface area contributed by atoms with Crippen molar-refractivity contribution in [2.45, 2.75) is 46.5 Å². The number of hydrogen-bond acceptors (Lipinski definition) is 3. The van der Waals surface area contributed by atoms with Crippen molar-refractivity contribution >= 4 is 22.5 Å². The first-order chi connectivity index (χ1) is 10.5. The van der Waals surface area contributed by atoms with Crippen molar-refractivity contribution in [2.75, 3.05) is 0 Å². The summed E-state index contributed by atoms with van der Waals surface area (Å²) < 4.78 is 5.97. The van der Waals surface area contributed by atoms with Crippen LogP contribution >= 0.6 is 0 Å². The summed E-state index contributed by atoms with van der Waals surface area (Å²) >= 11 is 0. The standard InChI is InChI=1S/C19H24O3/c1-5-8-12(2)18(19(13(3)20)14(4)21)17-11-15-9-6-7-10-16(15)22-17/h6-7,9-12,18-19H,5,8H2,1-4H3. The van der Waals surface area contributed by atoms with Crippen molar-refractivity contribution < 1.29 is 14.0 Å². The van der Waals surface area contributed by atoms with Gasteiger partial charge in [-0.3, -0.25) is 9.59 Å². The molecule has 118 valence electrons. The SMILES string of the molecule is CCCC(C)C(c1cc2ccccc2o1)C(C(C)=O)C(C)=O. The lowest BCUT2D eigenvalue weighted by molar-refractivity contribution is -0.132. The zero-order valence-corrected chi connectivity index (χ0v) is 13.8. The number of furan rings is 1. The largest absolute Gasteiger partial charge is 0.461 e. The fraction of sp³-hybridized carbons (Fsp3) is 0.474. The van der Waals surface area contributed by atoms with Crippen molar-refractivity contribution in [3.63, 3.8) is 0 Å². The molecule has 0 amide bonds. The highest BCUT2D eigenvalue weighted by atomic mass is 16.3. The Morgan fingerprint density at radius 1 is 1.14 bits per heavy atom. The summed E-state index contributed by atoms with van der Waals surface area (Å²) in [6.07, 6.45) is 1.97. The van der Waals surface area contributed by atoms with Gasteiger partial charge in [-0.2, -0.15) is 0 Å². The third-order valence-electron chi connectivity index (χ3n) is 4.37. The van der Waals surface area contributed by atoms with E-state index >= 15 is 0 Å². The van der Waals surface area contributed by atoms with E-state index in [9.17, 15) is 9.59 Å². The van der Waals surface area contributed by atoms with E-state index in [1.165, 1.54) is 13.8 Å². The van der Waals surface area contributed by atoms with Crippen LogP contribution < -0.4 is 0 Å². The first kappa shape index (κ1) is 16.5. The molecule has 0 spiro atoms. The number of hydrogen-bond donors (Lipinski definition) is 0. The molecule has 2 atom stereocenters. The summed E-state index contributed by atoms with van der Waals surface area (Å²) in [7, 11) is 0. The van der Waals surface area contributed by atoms with Gasteiger partial charge < -0.3 is 4.42 Å². The number of para-hydroxylation sites is 1. The zero-order valence-electron chi connectivity index (χ0n) is 13.8. The summed E-state index contributed by atoms with van der Waals surface area (Å²) in [6.45, 7) is 7.21. The number of carbonyl (C=O) groups is 2. The lowest BCUT2D eigenvalue weighted by atomic mass is 9.75. The van der Waals surface area contributed by atoms with Gasteiger partial charge in [-0.15, -0.1) is 0 Å². The molecule has 1 heterocycles. The molecule has 0 N–H and O–H groups in total. The number of carbonyl (C=O) groups excluding carboxylic acids is 2. The molecule has 0 radical (unpaired) electrons. The molecule has 22 heavy (non-hydrogen) atoms. The summed E-state index contributed by atoms with van der Waals surface area (Å²) in [4.78, 5) is 24.1. The van der Waals surface area contributed by atoms with Gasteiger partial charge in [0.2, 0.25) is 0 Å². The van der Waals surface area contributed by atoms with E-state index in [0.717, 1.165) is 29.6 Å². The molecule has 0 bridgehead atoms. The molecule has 0 aliphatic heterocycles. The van der Waals surface area contributed by atoms with Gasteiger partial charge in [0.1, 0.15) is 22.9 Å². The van der Waals surface area contributed by atoms with Crippen molar-refractivity contribution in [1.29, 1.82) is 0 Å². The van der Waals surface area contributed by atoms with Gasteiger partial charge >= 0.3 is 0 Å². The molecule has 0 saturated carbocycles. The van der Waals surface area contributed by atoms with Crippen molar-refractivity contribution in [1.82, 2.24) is 0 Å². The maximum atomic E-state index is 12.1. The van der Waals surface area contributed by atoms with Crippen LogP contribution in [0, 0.1) is 11.8 Å². The summed E-state index contributed by atoms with van der Waals surface area (Å²) in [5.41, 5.74) is 0.803. The van der Waals surface area contributed by atoms with E-state index < -0.39 is 5.92 Å². The second kappa shape index (κ2) is 6.91. The minimum atomic E-state index is -0.623. The van der Waals surface area contributed by atoms with Gasteiger partial charge in [-0.1, -0.05) is 44.9 Å². The van der Waals surface area contributed by atoms with Crippen molar-refractivity contribution in [2.24, 2.45) is 11.8 Å². The molecule has 3 nitrogen and oxygen atoms in total. The van der Waals surface area contributed by atoms with E-state index in [2.05, 4.69) is 13.8 Å². The molecule has 0 aliphatic carbocycles. The Hall–Kier alpha value is -1.90. The fourth-order valence-corrected chi connectivity index (χ4v) is 3.37. The Kier molecular flexibility index (Phi) is 5.17. The highest BCUT2D eigenvalue weighted by Crippen LogP contribution is 2.38. The molecule has 0 saturated heterocycles. The molecule has 2 unspecified atom stereocenters. The van der Waals surface area contributed by atoms with Crippen LogP contribution in [-0.4, -0.2) is 11.6 Å². The Bertz CT molecular complexity index is 621. The van der Waals surface area contributed by atoms with Crippen LogP contribution in [0.2, 0.25) is 0 Å². The number of fused-ring (bicyclic) bond motifs is 1. The minimum Gasteiger partial charge on any atom is -0.461 e. The van der Waals surface area contributed by atoms with Crippen LogP contribution in [0.5, 0.6) is 0 Å². The summed E-state index contributed by atoms with van der Waals surface area (Å²) in [5.74, 6) is -0.0211. The number of Topliss-reactive ketones (excluding diaryl/α,β-unsaturated/α-hetero) is 2. The third-order valence-corrected chi connectivity index (χ3v) is 4.37. The highest BCUT2D eigenvalue weighted by Gasteiger charge is 2.36. The topological polar surface area (TPSA) is 47.3 Å². The number of ketones is 2.